The number of Topliss-reactive ketones (excluding diaryl/α,β-unsaturated/α-hetero) is 5. The van der Waals surface area contributed by atoms with E-state index in [2.05, 4.69) is 130 Å². The molecule has 0 N–H and O–H groups in total. The van der Waals surface area contributed by atoms with Crippen LogP contribution in [0.2, 0.25) is 19.6 Å². The Labute approximate surface area is 497 Å². The molecule has 0 saturated heterocycles. The number of ketones is 5. The van der Waals surface area contributed by atoms with Crippen LogP contribution in [0.4, 0.5) is 0 Å². The highest BCUT2D eigenvalue weighted by molar-refractivity contribution is 6.81. The number of carbonyl (C=O) groups excluding carboxylic acids is 5. The summed E-state index contributed by atoms with van der Waals surface area (Å²) < 4.78 is 0. The zero-order valence-corrected chi connectivity index (χ0v) is 51.8. The van der Waals surface area contributed by atoms with Crippen molar-refractivity contribution >= 4 is 55.2 Å². The van der Waals surface area contributed by atoms with Crippen molar-refractivity contribution in [1.82, 2.24) is 0 Å². The van der Waals surface area contributed by atoms with E-state index in [0.717, 1.165) is 125 Å². The fraction of sp³-hybridized carbons (Fsp3) is 0.338. The van der Waals surface area contributed by atoms with E-state index < -0.39 is 8.07 Å². The first kappa shape index (κ1) is 63.0. The quantitative estimate of drug-likeness (QED) is 0.0527. The molecule has 0 heterocycles. The fourth-order valence-electron chi connectivity index (χ4n) is 11.7. The molecule has 5 aliphatic carbocycles. The van der Waals surface area contributed by atoms with Gasteiger partial charge in [0, 0.05) is 68.5 Å². The number of hydrogen-bond donors (Lipinski definition) is 0. The average Bonchev–Trinajstić information content (AvgIpc) is 4.44. The lowest BCUT2D eigenvalue weighted by Crippen LogP contribution is -2.15. The summed E-state index contributed by atoms with van der Waals surface area (Å²) in [7, 11) is -1.20. The van der Waals surface area contributed by atoms with E-state index in [1.807, 2.05) is 107 Å². The van der Waals surface area contributed by atoms with Crippen LogP contribution in [0.15, 0.2) is 152 Å². The lowest BCUT2D eigenvalue weighted by atomic mass is 9.97. The Morgan fingerprint density at radius 2 is 0.892 bits per heavy atom. The summed E-state index contributed by atoms with van der Waals surface area (Å²) in [5, 5.41) is 0. The molecule has 6 heteroatoms. The Balaban J connectivity index is 0.000000150. The summed E-state index contributed by atoms with van der Waals surface area (Å²) in [6.45, 7) is 26.6. The lowest BCUT2D eigenvalue weighted by Gasteiger charge is -2.09. The first-order chi connectivity index (χ1) is 39.8. The summed E-state index contributed by atoms with van der Waals surface area (Å²) in [6, 6.07) is 40.5. The highest BCUT2D eigenvalue weighted by Gasteiger charge is 2.32. The third-order valence-electron chi connectivity index (χ3n) is 16.3. The monoisotopic (exact) mass is 1120 g/mol. The third-order valence-corrected chi connectivity index (χ3v) is 17.4. The third kappa shape index (κ3) is 16.2. The zero-order valence-electron chi connectivity index (χ0n) is 50.8. The van der Waals surface area contributed by atoms with Gasteiger partial charge in [0.15, 0.2) is 28.9 Å². The molecule has 0 spiro atoms. The highest BCUT2D eigenvalue weighted by Crippen LogP contribution is 2.34. The van der Waals surface area contributed by atoms with E-state index in [1.165, 1.54) is 40.7 Å². The summed E-state index contributed by atoms with van der Waals surface area (Å²) in [5.41, 5.74) is 19.3. The molecule has 0 bridgehead atoms. The van der Waals surface area contributed by atoms with Gasteiger partial charge in [0.25, 0.3) is 0 Å². The van der Waals surface area contributed by atoms with Gasteiger partial charge in [0.05, 0.1) is 8.07 Å². The Bertz CT molecular complexity index is 3480. The average molecular weight is 1120 g/mol. The Morgan fingerprint density at radius 3 is 1.39 bits per heavy atom. The van der Waals surface area contributed by atoms with E-state index in [1.54, 1.807) is 6.08 Å². The topological polar surface area (TPSA) is 85.3 Å². The Hall–Kier alpha value is -7.59. The van der Waals surface area contributed by atoms with E-state index in [-0.39, 0.29) is 41.2 Å². The molecule has 0 aromatic heterocycles. The van der Waals surface area contributed by atoms with E-state index in [9.17, 15) is 24.0 Å². The van der Waals surface area contributed by atoms with Crippen molar-refractivity contribution in [2.24, 2.45) is 29.6 Å². The smallest absolute Gasteiger partial charge is 0.167 e. The van der Waals surface area contributed by atoms with Crippen LogP contribution >= 0.6 is 0 Å². The second kappa shape index (κ2) is 29.6. The minimum atomic E-state index is -1.20. The number of carbonyl (C=O) groups is 5. The molecular weight excluding hydrogens is 1030 g/mol. The molecule has 6 aromatic rings. The molecule has 5 aliphatic rings. The first-order valence-corrected chi connectivity index (χ1v) is 33.9. The van der Waals surface area contributed by atoms with Gasteiger partial charge in [-0.05, 0) is 132 Å². The van der Waals surface area contributed by atoms with E-state index in [0.29, 0.717) is 17.3 Å². The van der Waals surface area contributed by atoms with Gasteiger partial charge in [-0.15, -0.1) is 6.58 Å². The molecule has 0 radical (unpaired) electrons. The Morgan fingerprint density at radius 1 is 0.458 bits per heavy atom. The van der Waals surface area contributed by atoms with Gasteiger partial charge < -0.3 is 0 Å². The SMILES string of the molecule is C=CCCCCc1cccc2c1C(=O)C(C)C2.C=Cc1cccc2c1C(=O)C(C)C2.CC1Cc2cccc(C#Cc3ccccc3)c2C1=O.CC1Cc2cccc(C=C[Si](C)(C)C)c2C1=O.CCCCC=Cc1cccc2c1C(=O)C(C)C2. The van der Waals surface area contributed by atoms with Gasteiger partial charge in [0.2, 0.25) is 0 Å². The molecule has 5 atom stereocenters. The molecule has 83 heavy (non-hydrogen) atoms. The van der Waals surface area contributed by atoms with E-state index in [4.69, 9.17) is 0 Å². The van der Waals surface area contributed by atoms with Crippen molar-refractivity contribution < 1.29 is 24.0 Å². The maximum Gasteiger partial charge on any atom is 0.167 e. The van der Waals surface area contributed by atoms with Crippen molar-refractivity contribution in [3.05, 3.63) is 241 Å². The van der Waals surface area contributed by atoms with Crippen LogP contribution < -0.4 is 0 Å². The highest BCUT2D eigenvalue weighted by atomic mass is 28.3. The van der Waals surface area contributed by atoms with E-state index >= 15 is 0 Å². The standard InChI is InChI=1S/C18H14O.2C16H20O.C15H20OSi.C12H12O/c1-13-12-16-9-5-8-15(17(16)18(13)19)11-10-14-6-3-2-4-7-14;2*1-3-4-5-6-8-13-9-7-10-14-11-12(2)16(17)15(13)14;1-11-10-13-7-5-6-12(14(13)15(11)16)8-9-17(2,3)4;1-3-9-5-4-6-10-7-8(2)12(13)11(9)10/h2-9,13H,12H2,1H3;6-10,12H,3-5,11H2,1-2H3;3,7,9-10,12H,1,4-6,8,11H2,2H3;5-9,11H,10H2,1-4H3;3-6,8H,1,7H2,2H3. The Kier molecular flexibility index (Phi) is 22.5. The van der Waals surface area contributed by atoms with Crippen molar-refractivity contribution in [1.29, 1.82) is 0 Å². The molecule has 0 saturated carbocycles. The van der Waals surface area contributed by atoms with Crippen LogP contribution in [0.1, 0.15) is 193 Å². The number of rotatable bonds is 12. The fourth-order valence-corrected chi connectivity index (χ4v) is 12.4. The van der Waals surface area contributed by atoms with Crippen LogP contribution in [0.25, 0.3) is 18.2 Å². The largest absolute Gasteiger partial charge is 0.294 e. The molecule has 5 unspecified atom stereocenters. The molecule has 5 nitrogen and oxygen atoms in total. The zero-order chi connectivity index (χ0) is 59.8. The van der Waals surface area contributed by atoms with Gasteiger partial charge >= 0.3 is 0 Å². The van der Waals surface area contributed by atoms with Crippen LogP contribution in [-0.2, 0) is 38.5 Å². The van der Waals surface area contributed by atoms with Crippen molar-refractivity contribution in [2.45, 2.75) is 138 Å². The van der Waals surface area contributed by atoms with Crippen molar-refractivity contribution in [2.75, 3.05) is 0 Å². The van der Waals surface area contributed by atoms with Crippen LogP contribution in [0.5, 0.6) is 0 Å². The summed E-state index contributed by atoms with van der Waals surface area (Å²) in [4.78, 5) is 60.2. The van der Waals surface area contributed by atoms with Crippen molar-refractivity contribution in [3.63, 3.8) is 0 Å². The second-order valence-electron chi connectivity index (χ2n) is 24.4. The number of unbranched alkanes of at least 4 members (excludes halogenated alkanes) is 4. The molecule has 0 amide bonds. The molecular formula is C77H86O5Si. The summed E-state index contributed by atoms with van der Waals surface area (Å²) in [5.74, 6) is 8.48. The number of aryl methyl sites for hydroxylation is 1. The second-order valence-corrected chi connectivity index (χ2v) is 29.4. The normalized spacial score (nSPS) is 18.7. The van der Waals surface area contributed by atoms with Crippen LogP contribution in [-0.4, -0.2) is 37.0 Å². The van der Waals surface area contributed by atoms with Crippen LogP contribution in [0, 0.1) is 41.4 Å². The summed E-state index contributed by atoms with van der Waals surface area (Å²) >= 11 is 0. The maximum atomic E-state index is 12.2. The molecule has 11 rings (SSSR count). The van der Waals surface area contributed by atoms with Gasteiger partial charge in [-0.25, -0.2) is 0 Å². The number of hydrogen-bond acceptors (Lipinski definition) is 5. The molecule has 0 fully saturated rings. The number of fused-ring (bicyclic) bond motifs is 5. The number of allylic oxidation sites excluding steroid dienone is 2. The minimum absolute atomic E-state index is 0.0923. The lowest BCUT2D eigenvalue weighted by molar-refractivity contribution is 0.0938. The molecule has 6 aromatic carbocycles. The van der Waals surface area contributed by atoms with Gasteiger partial charge in [0.1, 0.15) is 0 Å². The van der Waals surface area contributed by atoms with Crippen molar-refractivity contribution in [3.8, 4) is 11.8 Å². The van der Waals surface area contributed by atoms with Crippen LogP contribution in [0.3, 0.4) is 0 Å². The predicted molar refractivity (Wildman–Crippen MR) is 349 cm³/mol. The maximum absolute atomic E-state index is 12.2. The van der Waals surface area contributed by atoms with Gasteiger partial charge in [-0.3, -0.25) is 24.0 Å². The molecule has 0 aliphatic heterocycles. The number of benzene rings is 6. The minimum Gasteiger partial charge on any atom is -0.294 e. The molecule has 428 valence electrons. The summed E-state index contributed by atoms with van der Waals surface area (Å²) in [6.07, 6.45) is 22.6. The first-order valence-electron chi connectivity index (χ1n) is 30.3. The van der Waals surface area contributed by atoms with Gasteiger partial charge in [-0.1, -0.05) is 232 Å². The van der Waals surface area contributed by atoms with Gasteiger partial charge in [-0.2, -0.15) is 0 Å². The predicted octanol–water partition coefficient (Wildman–Crippen LogP) is 18.3.